The molecule has 0 saturated carbocycles. The molecule has 1 unspecified atom stereocenters. The molecule has 1 fully saturated rings. The second-order valence-electron chi connectivity index (χ2n) is 8.34. The Labute approximate surface area is 175 Å². The Balaban J connectivity index is 1.95. The predicted octanol–water partition coefficient (Wildman–Crippen LogP) is 3.41. The van der Waals surface area contributed by atoms with Gasteiger partial charge in [0.05, 0.1) is 13.2 Å². The van der Waals surface area contributed by atoms with Gasteiger partial charge in [0.1, 0.15) is 11.1 Å². The molecule has 8 heteroatoms. The number of ether oxygens (including phenoxy) is 2. The Bertz CT molecular complexity index is 902. The summed E-state index contributed by atoms with van der Waals surface area (Å²) in [5, 5.41) is 0. The van der Waals surface area contributed by atoms with Crippen LogP contribution < -0.4 is 0 Å². The Morgan fingerprint density at radius 2 is 1.80 bits per heavy atom. The van der Waals surface area contributed by atoms with Gasteiger partial charge < -0.3 is 9.47 Å². The van der Waals surface area contributed by atoms with E-state index in [2.05, 4.69) is 0 Å². The molecule has 0 aromatic heterocycles. The maximum absolute atomic E-state index is 13.4. The van der Waals surface area contributed by atoms with Crippen LogP contribution in [0.5, 0.6) is 0 Å². The lowest BCUT2D eigenvalue weighted by molar-refractivity contribution is -0.139. The lowest BCUT2D eigenvalue weighted by Gasteiger charge is -2.31. The number of urea groups is 1. The Kier molecular flexibility index (Phi) is 5.70. The highest BCUT2D eigenvalue weighted by molar-refractivity contribution is 6.14. The minimum atomic E-state index is -1.52. The lowest BCUT2D eigenvalue weighted by Crippen LogP contribution is -2.52. The number of esters is 1. The van der Waals surface area contributed by atoms with E-state index in [-0.39, 0.29) is 31.6 Å². The number of carbonyl (C=O) groups excluding carboxylic acids is 4. The molecule has 4 amide bonds. The van der Waals surface area contributed by atoms with Crippen LogP contribution in [-0.2, 0) is 25.6 Å². The average molecular weight is 414 g/mol. The van der Waals surface area contributed by atoms with Gasteiger partial charge in [-0.3, -0.25) is 9.69 Å². The normalized spacial score (nSPS) is 21.3. The molecule has 1 aliphatic heterocycles. The monoisotopic (exact) mass is 414 g/mol. The zero-order valence-electron chi connectivity index (χ0n) is 17.6. The summed E-state index contributed by atoms with van der Waals surface area (Å²) in [4.78, 5) is 53.7. The highest BCUT2D eigenvalue weighted by atomic mass is 16.6. The fourth-order valence-electron chi connectivity index (χ4n) is 3.67. The molecule has 1 aliphatic carbocycles. The summed E-state index contributed by atoms with van der Waals surface area (Å²) in [6, 6.07) is 8.27. The summed E-state index contributed by atoms with van der Waals surface area (Å²) in [7, 11) is 0. The lowest BCUT2D eigenvalue weighted by atomic mass is 9.93. The van der Waals surface area contributed by atoms with Crippen LogP contribution in [0.15, 0.2) is 42.0 Å². The molecule has 2 aliphatic rings. The smallest absolute Gasteiger partial charge is 0.419 e. The zero-order valence-corrected chi connectivity index (χ0v) is 17.6. The van der Waals surface area contributed by atoms with Gasteiger partial charge in [-0.2, -0.15) is 0 Å². The molecule has 160 valence electrons. The highest BCUT2D eigenvalue weighted by Gasteiger charge is 2.62. The van der Waals surface area contributed by atoms with E-state index in [0.29, 0.717) is 0 Å². The third-order valence-corrected chi connectivity index (χ3v) is 4.96. The van der Waals surface area contributed by atoms with Crippen LogP contribution in [0.25, 0.3) is 0 Å². The molecule has 1 spiro atoms. The molecular formula is C22H26N2O6. The molecular weight excluding hydrogens is 388 g/mol. The number of rotatable bonds is 4. The number of hydrogen-bond acceptors (Lipinski definition) is 6. The van der Waals surface area contributed by atoms with E-state index in [4.69, 9.17) is 9.47 Å². The topological polar surface area (TPSA) is 93.2 Å². The molecule has 1 aromatic carbocycles. The van der Waals surface area contributed by atoms with Crippen LogP contribution in [0, 0.1) is 0 Å². The van der Waals surface area contributed by atoms with Crippen LogP contribution in [0.4, 0.5) is 9.59 Å². The summed E-state index contributed by atoms with van der Waals surface area (Å²) in [5.41, 5.74) is -1.36. The van der Waals surface area contributed by atoms with Crippen molar-refractivity contribution in [1.29, 1.82) is 0 Å². The van der Waals surface area contributed by atoms with E-state index in [1.165, 1.54) is 0 Å². The molecule has 1 saturated heterocycles. The van der Waals surface area contributed by atoms with Gasteiger partial charge in [-0.1, -0.05) is 36.4 Å². The average Bonchev–Trinajstić information content (AvgIpc) is 3.18. The molecule has 0 radical (unpaired) electrons. The van der Waals surface area contributed by atoms with Crippen molar-refractivity contribution in [1.82, 2.24) is 9.80 Å². The van der Waals surface area contributed by atoms with Crippen LogP contribution in [0.3, 0.4) is 0 Å². The van der Waals surface area contributed by atoms with Gasteiger partial charge in [0, 0.05) is 12.0 Å². The summed E-state index contributed by atoms with van der Waals surface area (Å²) in [6.45, 7) is 6.93. The summed E-state index contributed by atoms with van der Waals surface area (Å²) in [5.74, 6) is -1.09. The SMILES string of the molecule is CCOC(=O)C1=CCC2(C1)C(=O)N(Cc1ccccc1)C(=O)N2C(=O)OC(C)(C)C. The van der Waals surface area contributed by atoms with Crippen LogP contribution >= 0.6 is 0 Å². The van der Waals surface area contributed by atoms with Crippen molar-refractivity contribution in [2.45, 2.75) is 58.2 Å². The van der Waals surface area contributed by atoms with Gasteiger partial charge in [0.2, 0.25) is 0 Å². The highest BCUT2D eigenvalue weighted by Crippen LogP contribution is 2.43. The second-order valence-corrected chi connectivity index (χ2v) is 8.34. The maximum atomic E-state index is 13.4. The van der Waals surface area contributed by atoms with Gasteiger partial charge >= 0.3 is 18.1 Å². The first-order chi connectivity index (χ1) is 14.1. The van der Waals surface area contributed by atoms with Crippen molar-refractivity contribution in [3.63, 3.8) is 0 Å². The fourth-order valence-corrected chi connectivity index (χ4v) is 3.67. The molecule has 3 rings (SSSR count). The Hall–Kier alpha value is -3.16. The van der Waals surface area contributed by atoms with Crippen molar-refractivity contribution >= 4 is 24.0 Å². The summed E-state index contributed by atoms with van der Waals surface area (Å²) < 4.78 is 10.5. The first-order valence-electron chi connectivity index (χ1n) is 9.88. The molecule has 0 bridgehead atoms. The molecule has 30 heavy (non-hydrogen) atoms. The third-order valence-electron chi connectivity index (χ3n) is 4.96. The second kappa shape index (κ2) is 7.93. The number of nitrogens with zero attached hydrogens (tertiary/aromatic N) is 2. The number of benzene rings is 1. The van der Waals surface area contributed by atoms with Crippen LogP contribution in [-0.4, -0.2) is 51.5 Å². The third kappa shape index (κ3) is 3.94. The predicted molar refractivity (Wildman–Crippen MR) is 107 cm³/mol. The van der Waals surface area contributed by atoms with Gasteiger partial charge in [-0.25, -0.2) is 19.3 Å². The van der Waals surface area contributed by atoms with E-state index in [1.807, 2.05) is 6.07 Å². The number of imide groups is 2. The largest absolute Gasteiger partial charge is 0.463 e. The molecule has 1 heterocycles. The molecule has 0 N–H and O–H groups in total. The first-order valence-corrected chi connectivity index (χ1v) is 9.88. The number of hydrogen-bond donors (Lipinski definition) is 0. The van der Waals surface area contributed by atoms with Crippen molar-refractivity contribution < 1.29 is 28.7 Å². The van der Waals surface area contributed by atoms with E-state index >= 15 is 0 Å². The van der Waals surface area contributed by atoms with Crippen LogP contribution in [0.2, 0.25) is 0 Å². The minimum Gasteiger partial charge on any atom is -0.463 e. The quantitative estimate of drug-likeness (QED) is 0.554. The van der Waals surface area contributed by atoms with E-state index in [1.54, 1.807) is 58.0 Å². The van der Waals surface area contributed by atoms with Gasteiger partial charge in [-0.05, 0) is 39.7 Å². The standard InChI is InChI=1S/C22H26N2O6/c1-5-29-17(25)16-11-12-22(13-16)18(26)23(14-15-9-7-6-8-10-15)19(27)24(22)20(28)30-21(2,3)4/h6-11H,5,12-14H2,1-4H3. The summed E-state index contributed by atoms with van der Waals surface area (Å²) >= 11 is 0. The van der Waals surface area contributed by atoms with Gasteiger partial charge in [0.25, 0.3) is 5.91 Å². The molecule has 1 atom stereocenters. The Morgan fingerprint density at radius 1 is 1.13 bits per heavy atom. The van der Waals surface area contributed by atoms with E-state index in [9.17, 15) is 19.2 Å². The number of carbonyl (C=O) groups is 4. The Morgan fingerprint density at radius 3 is 2.40 bits per heavy atom. The van der Waals surface area contributed by atoms with Crippen molar-refractivity contribution in [3.05, 3.63) is 47.5 Å². The summed E-state index contributed by atoms with van der Waals surface area (Å²) in [6.07, 6.45) is 0.596. The molecule has 8 nitrogen and oxygen atoms in total. The maximum Gasteiger partial charge on any atom is 0.419 e. The van der Waals surface area contributed by atoms with Crippen LogP contribution in [0.1, 0.15) is 46.1 Å². The van der Waals surface area contributed by atoms with E-state index in [0.717, 1.165) is 15.4 Å². The van der Waals surface area contributed by atoms with Gasteiger partial charge in [-0.15, -0.1) is 0 Å². The van der Waals surface area contributed by atoms with Gasteiger partial charge in [0.15, 0.2) is 0 Å². The fraction of sp³-hybridized carbons (Fsp3) is 0.455. The number of amides is 4. The van der Waals surface area contributed by atoms with Crippen molar-refractivity contribution in [3.8, 4) is 0 Å². The van der Waals surface area contributed by atoms with E-state index < -0.39 is 35.1 Å². The minimum absolute atomic E-state index is 0.0221. The zero-order chi connectivity index (χ0) is 22.1. The van der Waals surface area contributed by atoms with Crippen molar-refractivity contribution in [2.75, 3.05) is 6.61 Å². The first kappa shape index (κ1) is 21.5. The molecule has 1 aromatic rings. The van der Waals surface area contributed by atoms with Crippen molar-refractivity contribution in [2.24, 2.45) is 0 Å².